The molecule has 0 saturated carbocycles. The van der Waals surface area contributed by atoms with E-state index in [2.05, 4.69) is 33.8 Å². The lowest BCUT2D eigenvalue weighted by molar-refractivity contribution is 0.312. The van der Waals surface area contributed by atoms with Crippen molar-refractivity contribution in [2.75, 3.05) is 38.1 Å². The molecule has 0 amide bonds. The van der Waals surface area contributed by atoms with Gasteiger partial charge in [-0.1, -0.05) is 6.08 Å². The standard InChI is InChI=1S/C12H19N3S/c1-3-4-5-11-10-16-12(13-11)15-8-6-14(2)7-9-15/h3,10H,1,4-9H2,2H3. The van der Waals surface area contributed by atoms with E-state index in [4.69, 9.17) is 0 Å². The van der Waals surface area contributed by atoms with Crippen molar-refractivity contribution in [3.8, 4) is 0 Å². The Morgan fingerprint density at radius 1 is 1.44 bits per heavy atom. The number of likely N-dealkylation sites (N-methyl/N-ethyl adjacent to an activating group) is 1. The molecule has 0 radical (unpaired) electrons. The van der Waals surface area contributed by atoms with Crippen LogP contribution in [-0.2, 0) is 6.42 Å². The van der Waals surface area contributed by atoms with Crippen LogP contribution < -0.4 is 4.90 Å². The van der Waals surface area contributed by atoms with Crippen LogP contribution in [0.5, 0.6) is 0 Å². The molecule has 3 nitrogen and oxygen atoms in total. The van der Waals surface area contributed by atoms with Crippen molar-refractivity contribution in [1.29, 1.82) is 0 Å². The van der Waals surface area contributed by atoms with E-state index in [0.29, 0.717) is 0 Å². The van der Waals surface area contributed by atoms with Gasteiger partial charge in [0.2, 0.25) is 0 Å². The van der Waals surface area contributed by atoms with Crippen LogP contribution in [0.15, 0.2) is 18.0 Å². The van der Waals surface area contributed by atoms with Crippen molar-refractivity contribution >= 4 is 16.5 Å². The summed E-state index contributed by atoms with van der Waals surface area (Å²) in [5, 5.41) is 3.36. The zero-order chi connectivity index (χ0) is 11.4. The molecule has 1 aromatic heterocycles. The van der Waals surface area contributed by atoms with Crippen molar-refractivity contribution in [3.63, 3.8) is 0 Å². The minimum absolute atomic E-state index is 1.02. The molecule has 1 fully saturated rings. The van der Waals surface area contributed by atoms with Crippen molar-refractivity contribution < 1.29 is 0 Å². The van der Waals surface area contributed by atoms with E-state index in [1.165, 1.54) is 10.8 Å². The number of hydrogen-bond donors (Lipinski definition) is 0. The van der Waals surface area contributed by atoms with Crippen molar-refractivity contribution in [2.24, 2.45) is 0 Å². The zero-order valence-corrected chi connectivity index (χ0v) is 10.7. The van der Waals surface area contributed by atoms with Gasteiger partial charge in [0.25, 0.3) is 0 Å². The number of piperazine rings is 1. The van der Waals surface area contributed by atoms with Gasteiger partial charge in [-0.3, -0.25) is 0 Å². The Hall–Kier alpha value is -0.870. The van der Waals surface area contributed by atoms with E-state index in [1.54, 1.807) is 11.3 Å². The number of anilines is 1. The van der Waals surface area contributed by atoms with Crippen LogP contribution in [0.2, 0.25) is 0 Å². The van der Waals surface area contributed by atoms with Crippen LogP contribution in [0.4, 0.5) is 5.13 Å². The molecule has 16 heavy (non-hydrogen) atoms. The molecule has 0 atom stereocenters. The highest BCUT2D eigenvalue weighted by Crippen LogP contribution is 2.22. The maximum absolute atomic E-state index is 4.67. The SMILES string of the molecule is C=CCCc1csc(N2CCN(C)CC2)n1. The Kier molecular flexibility index (Phi) is 3.96. The molecule has 1 saturated heterocycles. The van der Waals surface area contributed by atoms with Gasteiger partial charge in [-0.25, -0.2) is 4.98 Å². The minimum atomic E-state index is 1.02. The molecule has 0 N–H and O–H groups in total. The number of allylic oxidation sites excluding steroid dienone is 1. The molecule has 4 heteroatoms. The Balaban J connectivity index is 1.93. The number of hydrogen-bond acceptors (Lipinski definition) is 4. The molecule has 2 rings (SSSR count). The first-order chi connectivity index (χ1) is 7.79. The van der Waals surface area contributed by atoms with Crippen LogP contribution in [0.1, 0.15) is 12.1 Å². The van der Waals surface area contributed by atoms with Crippen LogP contribution in [0.25, 0.3) is 0 Å². The van der Waals surface area contributed by atoms with E-state index in [0.717, 1.165) is 39.0 Å². The molecule has 2 heterocycles. The van der Waals surface area contributed by atoms with E-state index < -0.39 is 0 Å². The third kappa shape index (κ3) is 2.83. The molecule has 1 aliphatic rings. The summed E-state index contributed by atoms with van der Waals surface area (Å²) in [5.41, 5.74) is 1.21. The molecule has 0 unspecified atom stereocenters. The van der Waals surface area contributed by atoms with Gasteiger partial charge in [0.05, 0.1) is 5.69 Å². The second kappa shape index (κ2) is 5.46. The second-order valence-electron chi connectivity index (χ2n) is 4.24. The first-order valence-corrected chi connectivity index (χ1v) is 6.66. The summed E-state index contributed by atoms with van der Waals surface area (Å²) in [6.07, 6.45) is 3.99. The van der Waals surface area contributed by atoms with Crippen LogP contribution in [0, 0.1) is 0 Å². The molecular weight excluding hydrogens is 218 g/mol. The molecule has 0 aliphatic carbocycles. The molecule has 1 aromatic rings. The molecule has 0 bridgehead atoms. The summed E-state index contributed by atoms with van der Waals surface area (Å²) < 4.78 is 0. The fourth-order valence-electron chi connectivity index (χ4n) is 1.80. The average molecular weight is 237 g/mol. The maximum Gasteiger partial charge on any atom is 0.185 e. The molecule has 1 aliphatic heterocycles. The minimum Gasteiger partial charge on any atom is -0.346 e. The lowest BCUT2D eigenvalue weighted by Gasteiger charge is -2.32. The molecule has 0 aromatic carbocycles. The van der Waals surface area contributed by atoms with E-state index >= 15 is 0 Å². The summed E-state index contributed by atoms with van der Waals surface area (Å²) in [4.78, 5) is 9.43. The van der Waals surface area contributed by atoms with Gasteiger partial charge in [0, 0.05) is 31.6 Å². The lowest BCUT2D eigenvalue weighted by atomic mass is 10.2. The highest BCUT2D eigenvalue weighted by molar-refractivity contribution is 7.13. The van der Waals surface area contributed by atoms with Crippen LogP contribution in [0.3, 0.4) is 0 Å². The van der Waals surface area contributed by atoms with E-state index in [9.17, 15) is 0 Å². The van der Waals surface area contributed by atoms with Gasteiger partial charge in [0.1, 0.15) is 0 Å². The van der Waals surface area contributed by atoms with Crippen LogP contribution in [-0.4, -0.2) is 43.1 Å². The van der Waals surface area contributed by atoms with Crippen LogP contribution >= 0.6 is 11.3 Å². The Labute approximate surface area is 101 Å². The molecular formula is C12H19N3S. The van der Waals surface area contributed by atoms with Gasteiger partial charge in [-0.15, -0.1) is 17.9 Å². The lowest BCUT2D eigenvalue weighted by Crippen LogP contribution is -2.44. The van der Waals surface area contributed by atoms with E-state index in [-0.39, 0.29) is 0 Å². The number of thiazole rings is 1. The number of rotatable bonds is 4. The quantitative estimate of drug-likeness (QED) is 0.747. The first kappa shape index (κ1) is 11.6. The predicted molar refractivity (Wildman–Crippen MR) is 70.3 cm³/mol. The monoisotopic (exact) mass is 237 g/mol. The van der Waals surface area contributed by atoms with Gasteiger partial charge < -0.3 is 9.80 Å². The summed E-state index contributed by atoms with van der Waals surface area (Å²) in [5.74, 6) is 0. The summed E-state index contributed by atoms with van der Waals surface area (Å²) in [7, 11) is 2.18. The second-order valence-corrected chi connectivity index (χ2v) is 5.08. The average Bonchev–Trinajstić information content (AvgIpc) is 2.76. The Morgan fingerprint density at radius 2 is 2.19 bits per heavy atom. The molecule has 0 spiro atoms. The fraction of sp³-hybridized carbons (Fsp3) is 0.583. The Bertz CT molecular complexity index is 340. The van der Waals surface area contributed by atoms with Crippen molar-refractivity contribution in [1.82, 2.24) is 9.88 Å². The highest BCUT2D eigenvalue weighted by atomic mass is 32.1. The summed E-state index contributed by atoms with van der Waals surface area (Å²) >= 11 is 1.77. The van der Waals surface area contributed by atoms with Gasteiger partial charge in [-0.05, 0) is 19.9 Å². The fourth-order valence-corrected chi connectivity index (χ4v) is 2.72. The first-order valence-electron chi connectivity index (χ1n) is 5.78. The van der Waals surface area contributed by atoms with Gasteiger partial charge in [-0.2, -0.15) is 0 Å². The smallest absolute Gasteiger partial charge is 0.185 e. The topological polar surface area (TPSA) is 19.4 Å². The third-order valence-corrected chi connectivity index (χ3v) is 3.87. The Morgan fingerprint density at radius 3 is 2.88 bits per heavy atom. The number of nitrogens with zero attached hydrogens (tertiary/aromatic N) is 3. The van der Waals surface area contributed by atoms with Gasteiger partial charge in [0.15, 0.2) is 5.13 Å². The van der Waals surface area contributed by atoms with Crippen molar-refractivity contribution in [2.45, 2.75) is 12.8 Å². The maximum atomic E-state index is 4.67. The number of aromatic nitrogens is 1. The zero-order valence-electron chi connectivity index (χ0n) is 9.85. The largest absolute Gasteiger partial charge is 0.346 e. The van der Waals surface area contributed by atoms with E-state index in [1.807, 2.05) is 6.08 Å². The third-order valence-electron chi connectivity index (χ3n) is 2.92. The summed E-state index contributed by atoms with van der Waals surface area (Å²) in [6.45, 7) is 8.23. The number of aryl methyl sites for hydroxylation is 1. The molecule has 88 valence electrons. The normalized spacial score (nSPS) is 17.7. The van der Waals surface area contributed by atoms with Gasteiger partial charge >= 0.3 is 0 Å². The predicted octanol–water partition coefficient (Wildman–Crippen LogP) is 2.01. The van der Waals surface area contributed by atoms with Crippen molar-refractivity contribution in [3.05, 3.63) is 23.7 Å². The summed E-state index contributed by atoms with van der Waals surface area (Å²) in [6, 6.07) is 0. The highest BCUT2D eigenvalue weighted by Gasteiger charge is 2.16.